The van der Waals surface area contributed by atoms with Crippen molar-refractivity contribution in [2.45, 2.75) is 26.4 Å². The summed E-state index contributed by atoms with van der Waals surface area (Å²) in [6, 6.07) is 17.0. The zero-order valence-corrected chi connectivity index (χ0v) is 16.0. The molecule has 1 atom stereocenters. The largest absolute Gasteiger partial charge is 0.375 e. The number of amides is 3. The molecular weight excluding hydrogens is 342 g/mol. The third kappa shape index (κ3) is 6.75. The van der Waals surface area contributed by atoms with Gasteiger partial charge in [0.2, 0.25) is 5.91 Å². The van der Waals surface area contributed by atoms with Crippen LogP contribution in [-0.2, 0) is 16.1 Å². The van der Waals surface area contributed by atoms with Crippen LogP contribution in [0.4, 0.5) is 10.5 Å². The Bertz CT molecular complexity index is 747. The fourth-order valence-electron chi connectivity index (χ4n) is 2.76. The molecule has 0 radical (unpaired) electrons. The minimum atomic E-state index is -0.230. The first-order chi connectivity index (χ1) is 13.0. The smallest absolute Gasteiger partial charge is 0.315 e. The summed E-state index contributed by atoms with van der Waals surface area (Å²) in [6.07, 6.45) is 0. The van der Waals surface area contributed by atoms with Crippen molar-refractivity contribution in [1.82, 2.24) is 10.6 Å². The number of urea groups is 1. The van der Waals surface area contributed by atoms with Gasteiger partial charge >= 0.3 is 6.03 Å². The lowest BCUT2D eigenvalue weighted by Crippen LogP contribution is -2.39. The summed E-state index contributed by atoms with van der Waals surface area (Å²) < 4.78 is 4.80. The highest BCUT2D eigenvalue weighted by molar-refractivity contribution is 5.91. The van der Waals surface area contributed by atoms with Crippen molar-refractivity contribution in [3.8, 4) is 0 Å². The van der Waals surface area contributed by atoms with Crippen LogP contribution in [0.3, 0.4) is 0 Å². The molecule has 0 aromatic heterocycles. The van der Waals surface area contributed by atoms with Gasteiger partial charge in [-0.1, -0.05) is 56.3 Å². The molecule has 0 aliphatic rings. The average Bonchev–Trinajstić information content (AvgIpc) is 2.65. The van der Waals surface area contributed by atoms with Crippen molar-refractivity contribution in [1.29, 1.82) is 0 Å². The molecule has 144 valence electrons. The second kappa shape index (κ2) is 10.3. The highest BCUT2D eigenvalue weighted by atomic mass is 16.5. The van der Waals surface area contributed by atoms with Gasteiger partial charge in [0.15, 0.2) is 0 Å². The number of nitrogens with one attached hydrogen (secondary N) is 3. The normalized spacial score (nSPS) is 11.7. The molecule has 0 saturated carbocycles. The number of carbonyl (C=O) groups excluding carboxylic acids is 2. The van der Waals surface area contributed by atoms with Gasteiger partial charge in [-0.3, -0.25) is 4.79 Å². The number of methoxy groups -OCH3 is 1. The van der Waals surface area contributed by atoms with E-state index in [9.17, 15) is 9.59 Å². The third-order valence-corrected chi connectivity index (χ3v) is 4.05. The maximum Gasteiger partial charge on any atom is 0.315 e. The lowest BCUT2D eigenvalue weighted by molar-refractivity contribution is -0.119. The van der Waals surface area contributed by atoms with Crippen LogP contribution >= 0.6 is 0 Å². The molecule has 2 rings (SSSR count). The third-order valence-electron chi connectivity index (χ3n) is 4.05. The molecule has 0 fully saturated rings. The van der Waals surface area contributed by atoms with Gasteiger partial charge in [0, 0.05) is 19.3 Å². The molecule has 27 heavy (non-hydrogen) atoms. The van der Waals surface area contributed by atoms with Crippen molar-refractivity contribution < 1.29 is 14.3 Å². The molecule has 0 heterocycles. The maximum absolute atomic E-state index is 12.3. The van der Waals surface area contributed by atoms with E-state index in [2.05, 4.69) is 29.8 Å². The van der Waals surface area contributed by atoms with Gasteiger partial charge in [-0.15, -0.1) is 0 Å². The van der Waals surface area contributed by atoms with Crippen molar-refractivity contribution in [2.75, 3.05) is 19.0 Å². The van der Waals surface area contributed by atoms with E-state index < -0.39 is 0 Å². The van der Waals surface area contributed by atoms with E-state index in [1.54, 1.807) is 6.07 Å². The number of hydrogen-bond donors (Lipinski definition) is 3. The van der Waals surface area contributed by atoms with Crippen LogP contribution in [0.2, 0.25) is 0 Å². The molecule has 2 aromatic rings. The first-order valence-electron chi connectivity index (χ1n) is 8.96. The zero-order valence-electron chi connectivity index (χ0n) is 16.0. The standard InChI is InChI=1S/C21H27N3O3/c1-15(2)20(17-9-5-4-6-10-17)24-21(26)22-13-16-8-7-11-18(12-16)23-19(25)14-27-3/h4-12,15,20H,13-14H2,1-3H3,(H,23,25)(H2,22,24,26). The summed E-state index contributed by atoms with van der Waals surface area (Å²) >= 11 is 0. The van der Waals surface area contributed by atoms with Gasteiger partial charge in [0.25, 0.3) is 0 Å². The highest BCUT2D eigenvalue weighted by Gasteiger charge is 2.17. The minimum Gasteiger partial charge on any atom is -0.375 e. The maximum atomic E-state index is 12.3. The summed E-state index contributed by atoms with van der Waals surface area (Å²) in [5, 5.41) is 8.65. The van der Waals surface area contributed by atoms with E-state index in [1.165, 1.54) is 7.11 Å². The molecule has 6 heteroatoms. The number of carbonyl (C=O) groups is 2. The predicted octanol–water partition coefficient (Wildman–Crippen LogP) is 3.47. The quantitative estimate of drug-likeness (QED) is 0.667. The van der Waals surface area contributed by atoms with Crippen molar-refractivity contribution in [3.63, 3.8) is 0 Å². The Balaban J connectivity index is 1.92. The van der Waals surface area contributed by atoms with Gasteiger partial charge in [0.1, 0.15) is 6.61 Å². The van der Waals surface area contributed by atoms with E-state index in [0.717, 1.165) is 11.1 Å². The van der Waals surface area contributed by atoms with Gasteiger partial charge in [-0.25, -0.2) is 4.79 Å². The van der Waals surface area contributed by atoms with Crippen LogP contribution in [-0.4, -0.2) is 25.7 Å². The zero-order chi connectivity index (χ0) is 19.6. The first kappa shape index (κ1) is 20.5. The fourth-order valence-corrected chi connectivity index (χ4v) is 2.76. The van der Waals surface area contributed by atoms with Crippen LogP contribution in [0, 0.1) is 5.92 Å². The molecule has 1 unspecified atom stereocenters. The summed E-state index contributed by atoms with van der Waals surface area (Å²) in [7, 11) is 1.47. The second-order valence-electron chi connectivity index (χ2n) is 6.64. The van der Waals surface area contributed by atoms with Crippen LogP contribution in [0.15, 0.2) is 54.6 Å². The van der Waals surface area contributed by atoms with Crippen LogP contribution in [0.25, 0.3) is 0 Å². The molecule has 0 spiro atoms. The number of hydrogen-bond acceptors (Lipinski definition) is 3. The summed E-state index contributed by atoms with van der Waals surface area (Å²) in [5.41, 5.74) is 2.63. The Morgan fingerprint density at radius 1 is 1.04 bits per heavy atom. The Morgan fingerprint density at radius 2 is 1.78 bits per heavy atom. The Hall–Kier alpha value is -2.86. The lowest BCUT2D eigenvalue weighted by Gasteiger charge is -2.23. The van der Waals surface area contributed by atoms with Crippen LogP contribution < -0.4 is 16.0 Å². The summed E-state index contributed by atoms with van der Waals surface area (Å²) in [4.78, 5) is 23.9. The SMILES string of the molecule is COCC(=O)Nc1cccc(CNC(=O)NC(c2ccccc2)C(C)C)c1. The number of anilines is 1. The Kier molecular flexibility index (Phi) is 7.82. The molecule has 3 amide bonds. The minimum absolute atomic E-state index is 0.000953. The van der Waals surface area contributed by atoms with Gasteiger partial charge in [-0.05, 0) is 29.2 Å². The molecular formula is C21H27N3O3. The number of benzene rings is 2. The first-order valence-corrected chi connectivity index (χ1v) is 8.96. The molecule has 3 N–H and O–H groups in total. The molecule has 0 bridgehead atoms. The fraction of sp³-hybridized carbons (Fsp3) is 0.333. The van der Waals surface area contributed by atoms with Crippen molar-refractivity contribution >= 4 is 17.6 Å². The summed E-state index contributed by atoms with van der Waals surface area (Å²) in [5.74, 6) is 0.0421. The van der Waals surface area contributed by atoms with E-state index >= 15 is 0 Å². The molecule has 0 saturated heterocycles. The molecule has 6 nitrogen and oxygen atoms in total. The lowest BCUT2D eigenvalue weighted by atomic mass is 9.96. The van der Waals surface area contributed by atoms with E-state index in [1.807, 2.05) is 48.5 Å². The molecule has 0 aliphatic heterocycles. The van der Waals surface area contributed by atoms with Gasteiger partial charge < -0.3 is 20.7 Å². The van der Waals surface area contributed by atoms with Crippen LogP contribution in [0.5, 0.6) is 0 Å². The van der Waals surface area contributed by atoms with Crippen molar-refractivity contribution in [3.05, 3.63) is 65.7 Å². The van der Waals surface area contributed by atoms with Gasteiger partial charge in [-0.2, -0.15) is 0 Å². The number of rotatable bonds is 8. The molecule has 0 aliphatic carbocycles. The summed E-state index contributed by atoms with van der Waals surface area (Å²) in [6.45, 7) is 4.51. The number of ether oxygens (including phenoxy) is 1. The van der Waals surface area contributed by atoms with E-state index in [-0.39, 0.29) is 30.5 Å². The van der Waals surface area contributed by atoms with Gasteiger partial charge in [0.05, 0.1) is 6.04 Å². The Morgan fingerprint density at radius 3 is 2.44 bits per heavy atom. The average molecular weight is 369 g/mol. The van der Waals surface area contributed by atoms with E-state index in [4.69, 9.17) is 4.74 Å². The predicted molar refractivity (Wildman–Crippen MR) is 106 cm³/mol. The molecule has 2 aromatic carbocycles. The van der Waals surface area contributed by atoms with Crippen molar-refractivity contribution in [2.24, 2.45) is 5.92 Å². The Labute approximate surface area is 160 Å². The topological polar surface area (TPSA) is 79.5 Å². The monoisotopic (exact) mass is 369 g/mol. The second-order valence-corrected chi connectivity index (χ2v) is 6.64. The van der Waals surface area contributed by atoms with Crippen LogP contribution in [0.1, 0.15) is 31.0 Å². The highest BCUT2D eigenvalue weighted by Crippen LogP contribution is 2.21. The van der Waals surface area contributed by atoms with E-state index in [0.29, 0.717) is 12.2 Å².